The van der Waals surface area contributed by atoms with Crippen LogP contribution < -0.4 is 4.72 Å². The van der Waals surface area contributed by atoms with E-state index in [-0.39, 0.29) is 12.8 Å². The Morgan fingerprint density at radius 3 is 2.21 bits per heavy atom. The standard InChI is InChI=1S/C10H10F3NO4S/c11-7-4-6(5-8(12)10(7)13)14-19(17,18)3-1-2-9(15)16/h4-5,14H,1-3H2,(H,15,16). The van der Waals surface area contributed by atoms with Crippen molar-refractivity contribution in [3.8, 4) is 0 Å². The van der Waals surface area contributed by atoms with Crippen LogP contribution in [0.25, 0.3) is 0 Å². The molecule has 0 aromatic heterocycles. The molecule has 2 N–H and O–H groups in total. The van der Waals surface area contributed by atoms with Crippen LogP contribution in [-0.2, 0) is 14.8 Å². The molecule has 0 radical (unpaired) electrons. The van der Waals surface area contributed by atoms with Crippen molar-refractivity contribution in [1.82, 2.24) is 0 Å². The molecule has 0 aliphatic heterocycles. The summed E-state index contributed by atoms with van der Waals surface area (Å²) in [4.78, 5) is 10.2. The molecule has 0 aliphatic carbocycles. The van der Waals surface area contributed by atoms with E-state index in [4.69, 9.17) is 5.11 Å². The molecule has 1 rings (SSSR count). The zero-order valence-electron chi connectivity index (χ0n) is 9.49. The lowest BCUT2D eigenvalue weighted by Crippen LogP contribution is -2.18. The molecule has 19 heavy (non-hydrogen) atoms. The van der Waals surface area contributed by atoms with Crippen molar-refractivity contribution in [2.24, 2.45) is 0 Å². The van der Waals surface area contributed by atoms with E-state index in [0.717, 1.165) is 0 Å². The lowest BCUT2D eigenvalue weighted by molar-refractivity contribution is -0.137. The zero-order chi connectivity index (χ0) is 14.6. The molecular formula is C10H10F3NO4S. The van der Waals surface area contributed by atoms with Crippen molar-refractivity contribution in [3.05, 3.63) is 29.6 Å². The zero-order valence-corrected chi connectivity index (χ0v) is 10.3. The normalized spacial score (nSPS) is 11.3. The Labute approximate surface area is 107 Å². The highest BCUT2D eigenvalue weighted by atomic mass is 32.2. The minimum Gasteiger partial charge on any atom is -0.481 e. The second kappa shape index (κ2) is 5.91. The maximum absolute atomic E-state index is 12.8. The number of carboxylic acids is 1. The van der Waals surface area contributed by atoms with E-state index in [1.807, 2.05) is 4.72 Å². The van der Waals surface area contributed by atoms with Gasteiger partial charge in [0.25, 0.3) is 0 Å². The third-order valence-corrected chi connectivity index (χ3v) is 3.43. The van der Waals surface area contributed by atoms with E-state index in [2.05, 4.69) is 0 Å². The Hall–Kier alpha value is -1.77. The van der Waals surface area contributed by atoms with E-state index in [0.29, 0.717) is 12.1 Å². The van der Waals surface area contributed by atoms with E-state index in [1.54, 1.807) is 0 Å². The number of benzene rings is 1. The van der Waals surface area contributed by atoms with Crippen molar-refractivity contribution in [1.29, 1.82) is 0 Å². The molecule has 0 atom stereocenters. The van der Waals surface area contributed by atoms with Crippen molar-refractivity contribution < 1.29 is 31.5 Å². The van der Waals surface area contributed by atoms with Crippen LogP contribution in [0.1, 0.15) is 12.8 Å². The summed E-state index contributed by atoms with van der Waals surface area (Å²) in [5, 5.41) is 8.35. The van der Waals surface area contributed by atoms with Crippen LogP contribution in [0.15, 0.2) is 12.1 Å². The van der Waals surface area contributed by atoms with Gasteiger partial charge in [-0.1, -0.05) is 0 Å². The summed E-state index contributed by atoms with van der Waals surface area (Å²) in [6, 6.07) is 0.986. The molecule has 0 spiro atoms. The third kappa shape index (κ3) is 4.78. The van der Waals surface area contributed by atoms with Crippen molar-refractivity contribution in [3.63, 3.8) is 0 Å². The molecule has 1 aromatic rings. The van der Waals surface area contributed by atoms with Gasteiger partial charge in [-0.15, -0.1) is 0 Å². The van der Waals surface area contributed by atoms with Crippen LogP contribution in [-0.4, -0.2) is 25.2 Å². The van der Waals surface area contributed by atoms with Gasteiger partial charge in [-0.2, -0.15) is 0 Å². The fourth-order valence-electron chi connectivity index (χ4n) is 1.26. The van der Waals surface area contributed by atoms with Crippen LogP contribution in [0.3, 0.4) is 0 Å². The SMILES string of the molecule is O=C(O)CCCS(=O)(=O)Nc1cc(F)c(F)c(F)c1. The fraction of sp³-hybridized carbons (Fsp3) is 0.300. The van der Waals surface area contributed by atoms with Crippen LogP contribution in [0.2, 0.25) is 0 Å². The summed E-state index contributed by atoms with van der Waals surface area (Å²) in [5.74, 6) is -6.44. The first-order chi connectivity index (χ1) is 8.71. The minimum atomic E-state index is -3.95. The smallest absolute Gasteiger partial charge is 0.303 e. The minimum absolute atomic E-state index is 0.156. The first kappa shape index (κ1) is 15.3. The molecule has 5 nitrogen and oxygen atoms in total. The molecule has 0 aliphatic rings. The quantitative estimate of drug-likeness (QED) is 0.783. The first-order valence-electron chi connectivity index (χ1n) is 5.08. The van der Waals surface area contributed by atoms with Gasteiger partial charge >= 0.3 is 5.97 Å². The Bertz CT molecular complexity index is 565. The summed E-state index contributed by atoms with van der Waals surface area (Å²) < 4.78 is 63.1. The fourth-order valence-corrected chi connectivity index (χ4v) is 2.36. The van der Waals surface area contributed by atoms with Gasteiger partial charge in [-0.3, -0.25) is 9.52 Å². The number of nitrogens with one attached hydrogen (secondary N) is 1. The number of aliphatic carboxylic acids is 1. The molecule has 0 saturated carbocycles. The highest BCUT2D eigenvalue weighted by Gasteiger charge is 2.15. The van der Waals surface area contributed by atoms with E-state index < -0.39 is 44.9 Å². The van der Waals surface area contributed by atoms with Gasteiger partial charge < -0.3 is 5.11 Å². The molecule has 0 saturated heterocycles. The molecule has 0 heterocycles. The van der Waals surface area contributed by atoms with E-state index in [1.165, 1.54) is 0 Å². The lowest BCUT2D eigenvalue weighted by atomic mass is 10.3. The van der Waals surface area contributed by atoms with Gasteiger partial charge in [0, 0.05) is 18.6 Å². The number of hydrogen-bond acceptors (Lipinski definition) is 3. The number of sulfonamides is 1. The molecular weight excluding hydrogens is 287 g/mol. The van der Waals surface area contributed by atoms with Gasteiger partial charge in [0.05, 0.1) is 11.4 Å². The van der Waals surface area contributed by atoms with Gasteiger partial charge in [-0.25, -0.2) is 21.6 Å². The number of halogens is 3. The molecule has 0 amide bonds. The van der Waals surface area contributed by atoms with Crippen molar-refractivity contribution in [2.75, 3.05) is 10.5 Å². The molecule has 1 aromatic carbocycles. The van der Waals surface area contributed by atoms with Crippen molar-refractivity contribution in [2.45, 2.75) is 12.8 Å². The first-order valence-corrected chi connectivity index (χ1v) is 6.73. The van der Waals surface area contributed by atoms with E-state index >= 15 is 0 Å². The lowest BCUT2D eigenvalue weighted by Gasteiger charge is -2.08. The number of carboxylic acid groups (broad SMARTS) is 1. The monoisotopic (exact) mass is 297 g/mol. The number of anilines is 1. The molecule has 0 fully saturated rings. The topological polar surface area (TPSA) is 83.5 Å². The highest BCUT2D eigenvalue weighted by molar-refractivity contribution is 7.92. The second-order valence-corrected chi connectivity index (χ2v) is 5.51. The predicted molar refractivity (Wildman–Crippen MR) is 60.6 cm³/mol. The second-order valence-electron chi connectivity index (χ2n) is 3.67. The number of carbonyl (C=O) groups is 1. The Kier molecular flexibility index (Phi) is 4.76. The van der Waals surface area contributed by atoms with Crippen LogP contribution in [0.4, 0.5) is 18.9 Å². The highest BCUT2D eigenvalue weighted by Crippen LogP contribution is 2.18. The summed E-state index contributed by atoms with van der Waals surface area (Å²) in [6.45, 7) is 0. The largest absolute Gasteiger partial charge is 0.481 e. The van der Waals surface area contributed by atoms with Gasteiger partial charge in [-0.05, 0) is 6.42 Å². The number of hydrogen-bond donors (Lipinski definition) is 2. The summed E-state index contributed by atoms with van der Waals surface area (Å²) in [7, 11) is -3.95. The summed E-state index contributed by atoms with van der Waals surface area (Å²) >= 11 is 0. The molecule has 0 bridgehead atoms. The van der Waals surface area contributed by atoms with Crippen LogP contribution in [0, 0.1) is 17.5 Å². The Morgan fingerprint density at radius 1 is 1.21 bits per heavy atom. The Balaban J connectivity index is 2.76. The summed E-state index contributed by atoms with van der Waals surface area (Å²) in [5.41, 5.74) is -0.466. The average molecular weight is 297 g/mol. The molecule has 9 heteroatoms. The average Bonchev–Trinajstić information content (AvgIpc) is 2.24. The molecule has 106 valence electrons. The van der Waals surface area contributed by atoms with Gasteiger partial charge in [0.2, 0.25) is 10.0 Å². The predicted octanol–water partition coefficient (Wildman–Crippen LogP) is 1.71. The van der Waals surface area contributed by atoms with Crippen LogP contribution in [0.5, 0.6) is 0 Å². The summed E-state index contributed by atoms with van der Waals surface area (Å²) in [6.07, 6.45) is -0.510. The van der Waals surface area contributed by atoms with Gasteiger partial charge in [0.15, 0.2) is 17.5 Å². The molecule has 0 unspecified atom stereocenters. The Morgan fingerprint density at radius 2 is 1.74 bits per heavy atom. The van der Waals surface area contributed by atoms with Crippen molar-refractivity contribution >= 4 is 21.7 Å². The van der Waals surface area contributed by atoms with Gasteiger partial charge in [0.1, 0.15) is 0 Å². The van der Waals surface area contributed by atoms with E-state index in [9.17, 15) is 26.4 Å². The maximum atomic E-state index is 12.8. The number of rotatable bonds is 6. The third-order valence-electron chi connectivity index (χ3n) is 2.06. The maximum Gasteiger partial charge on any atom is 0.303 e. The van der Waals surface area contributed by atoms with Crippen LogP contribution >= 0.6 is 0 Å².